The third-order valence-electron chi connectivity index (χ3n) is 5.81. The summed E-state index contributed by atoms with van der Waals surface area (Å²) in [6.45, 7) is 0.996. The smallest absolute Gasteiger partial charge is 0.227 e. The predicted octanol–water partition coefficient (Wildman–Crippen LogP) is 2.57. The highest BCUT2D eigenvalue weighted by Crippen LogP contribution is 2.30. The van der Waals surface area contributed by atoms with Crippen LogP contribution in [0.4, 0.5) is 5.82 Å². The third kappa shape index (κ3) is 4.28. The Labute approximate surface area is 194 Å². The predicted molar refractivity (Wildman–Crippen MR) is 122 cm³/mol. The Morgan fingerprint density at radius 2 is 2.03 bits per heavy atom. The molecule has 1 amide bonds. The topological polar surface area (TPSA) is 110 Å². The summed E-state index contributed by atoms with van der Waals surface area (Å²) in [6.07, 6.45) is 7.20. The Balaban J connectivity index is 1.28. The lowest BCUT2D eigenvalue weighted by molar-refractivity contribution is -0.247. The van der Waals surface area contributed by atoms with Crippen molar-refractivity contribution >= 4 is 28.8 Å². The van der Waals surface area contributed by atoms with Crippen LogP contribution in [-0.4, -0.2) is 55.2 Å². The first-order chi connectivity index (χ1) is 16.0. The average Bonchev–Trinajstić information content (AvgIpc) is 3.39. The zero-order valence-corrected chi connectivity index (χ0v) is 18.6. The van der Waals surface area contributed by atoms with E-state index in [0.717, 1.165) is 28.0 Å². The molecule has 1 aromatic carbocycles. The molecule has 1 atom stereocenters. The van der Waals surface area contributed by atoms with Gasteiger partial charge in [0.25, 0.3) is 0 Å². The average molecular weight is 468 g/mol. The van der Waals surface area contributed by atoms with Crippen molar-refractivity contribution in [1.82, 2.24) is 29.7 Å². The number of amides is 1. The van der Waals surface area contributed by atoms with E-state index >= 15 is 0 Å². The van der Waals surface area contributed by atoms with E-state index in [2.05, 4.69) is 25.4 Å². The number of nitrogens with zero attached hydrogens (tertiary/aromatic N) is 6. The Kier molecular flexibility index (Phi) is 5.71. The van der Waals surface area contributed by atoms with Gasteiger partial charge < -0.3 is 10.2 Å². The van der Waals surface area contributed by atoms with Gasteiger partial charge in [-0.05, 0) is 23.8 Å². The number of benzene rings is 1. The van der Waals surface area contributed by atoms with E-state index in [1.165, 1.54) is 6.33 Å². The fourth-order valence-corrected chi connectivity index (χ4v) is 4.11. The number of anilines is 1. The lowest BCUT2D eigenvalue weighted by Crippen LogP contribution is -2.54. The van der Waals surface area contributed by atoms with Crippen LogP contribution in [0.25, 0.3) is 16.6 Å². The molecule has 11 heteroatoms. The van der Waals surface area contributed by atoms with E-state index in [0.29, 0.717) is 18.1 Å². The summed E-state index contributed by atoms with van der Waals surface area (Å²) in [4.78, 5) is 23.7. The number of carbonyl (C=O) groups is 1. The normalized spacial score (nSPS) is 14.9. The van der Waals surface area contributed by atoms with Crippen molar-refractivity contribution in [3.8, 4) is 11.1 Å². The van der Waals surface area contributed by atoms with Crippen molar-refractivity contribution in [2.75, 3.05) is 24.6 Å². The van der Waals surface area contributed by atoms with Crippen LogP contribution in [0.2, 0.25) is 5.02 Å². The molecule has 4 aromatic rings. The van der Waals surface area contributed by atoms with Gasteiger partial charge in [-0.1, -0.05) is 23.7 Å². The molecule has 3 aromatic heterocycles. The van der Waals surface area contributed by atoms with Crippen LogP contribution >= 0.6 is 11.6 Å². The molecule has 0 saturated carbocycles. The maximum Gasteiger partial charge on any atom is 0.227 e. The number of aryl methyl sites for hydroxylation is 1. The first kappa shape index (κ1) is 21.4. The van der Waals surface area contributed by atoms with Gasteiger partial charge in [-0.25, -0.2) is 14.4 Å². The van der Waals surface area contributed by atoms with E-state index in [9.17, 15) is 4.79 Å². The van der Waals surface area contributed by atoms with Gasteiger partial charge in [0.2, 0.25) is 5.91 Å². The lowest BCUT2D eigenvalue weighted by atomic mass is 9.97. The molecule has 5 rings (SSSR count). The summed E-state index contributed by atoms with van der Waals surface area (Å²) >= 11 is 5.94. The molecule has 33 heavy (non-hydrogen) atoms. The van der Waals surface area contributed by atoms with Gasteiger partial charge in [-0.3, -0.25) is 14.7 Å². The Hall–Kier alpha value is -3.47. The second kappa shape index (κ2) is 8.81. The summed E-state index contributed by atoms with van der Waals surface area (Å²) in [5.41, 5.74) is 3.65. The molecular formula is C22H22ClN7O3. The van der Waals surface area contributed by atoms with Crippen molar-refractivity contribution in [3.63, 3.8) is 0 Å². The van der Waals surface area contributed by atoms with Crippen LogP contribution in [0, 0.1) is 5.92 Å². The maximum atomic E-state index is 12.8. The molecule has 4 heterocycles. The van der Waals surface area contributed by atoms with E-state index in [1.807, 2.05) is 30.4 Å². The molecule has 10 nitrogen and oxygen atoms in total. The lowest BCUT2D eigenvalue weighted by Gasteiger charge is -2.39. The van der Waals surface area contributed by atoms with E-state index in [-0.39, 0.29) is 18.4 Å². The van der Waals surface area contributed by atoms with Crippen molar-refractivity contribution in [1.29, 1.82) is 0 Å². The van der Waals surface area contributed by atoms with Gasteiger partial charge >= 0.3 is 0 Å². The van der Waals surface area contributed by atoms with Crippen LogP contribution in [0.3, 0.4) is 0 Å². The van der Waals surface area contributed by atoms with Crippen LogP contribution in [0.5, 0.6) is 0 Å². The molecule has 2 N–H and O–H groups in total. The fourth-order valence-electron chi connectivity index (χ4n) is 3.99. The minimum absolute atomic E-state index is 0.0579. The first-order valence-corrected chi connectivity index (χ1v) is 10.8. The minimum atomic E-state index is -0.479. The fraction of sp³-hybridized carbons (Fsp3) is 0.273. The minimum Gasteiger partial charge on any atom is -0.353 e. The molecule has 1 fully saturated rings. The summed E-state index contributed by atoms with van der Waals surface area (Å²) < 4.78 is 3.54. The summed E-state index contributed by atoms with van der Waals surface area (Å²) in [5.74, 6) is 0.457. The van der Waals surface area contributed by atoms with Gasteiger partial charge in [0.15, 0.2) is 5.82 Å². The van der Waals surface area contributed by atoms with E-state index in [4.69, 9.17) is 16.9 Å². The molecule has 1 aliphatic rings. The standard InChI is InChI=1S/C22H22ClN7O3/c1-28-8-16(7-25-28)15-6-20-21(24-13-26-30(20)11-15)29-9-17(10-29)22(31)27-19(12-33-32)14-2-4-18(23)5-3-14/h2-8,11,13,17,19,32H,9-10,12H2,1H3,(H,27,31)/t19-/m0/s1. The summed E-state index contributed by atoms with van der Waals surface area (Å²) in [5, 5.41) is 21.0. The first-order valence-electron chi connectivity index (χ1n) is 10.4. The van der Waals surface area contributed by atoms with Gasteiger partial charge in [-0.2, -0.15) is 10.2 Å². The molecule has 0 radical (unpaired) electrons. The number of nitrogens with one attached hydrogen (secondary N) is 1. The second-order valence-corrected chi connectivity index (χ2v) is 8.49. The second-order valence-electron chi connectivity index (χ2n) is 8.06. The quantitative estimate of drug-likeness (QED) is 0.317. The van der Waals surface area contributed by atoms with Crippen molar-refractivity contribution in [2.45, 2.75) is 6.04 Å². The largest absolute Gasteiger partial charge is 0.353 e. The molecule has 1 saturated heterocycles. The monoisotopic (exact) mass is 467 g/mol. The Morgan fingerprint density at radius 3 is 2.73 bits per heavy atom. The van der Waals surface area contributed by atoms with Crippen LogP contribution in [-0.2, 0) is 16.7 Å². The zero-order valence-electron chi connectivity index (χ0n) is 17.8. The molecule has 0 bridgehead atoms. The maximum absolute atomic E-state index is 12.8. The number of aromatic nitrogens is 5. The molecule has 0 unspecified atom stereocenters. The molecule has 170 valence electrons. The van der Waals surface area contributed by atoms with Crippen LogP contribution in [0.1, 0.15) is 11.6 Å². The van der Waals surface area contributed by atoms with Crippen LogP contribution in [0.15, 0.2) is 55.2 Å². The third-order valence-corrected chi connectivity index (χ3v) is 6.06. The van der Waals surface area contributed by atoms with Crippen molar-refractivity contribution in [2.24, 2.45) is 13.0 Å². The Morgan fingerprint density at radius 1 is 1.24 bits per heavy atom. The highest BCUT2D eigenvalue weighted by atomic mass is 35.5. The summed E-state index contributed by atoms with van der Waals surface area (Å²) in [6, 6.07) is 8.60. The van der Waals surface area contributed by atoms with E-state index in [1.54, 1.807) is 39.7 Å². The van der Waals surface area contributed by atoms with Gasteiger partial charge in [0, 0.05) is 48.7 Å². The number of rotatable bonds is 7. The van der Waals surface area contributed by atoms with Gasteiger partial charge in [0.1, 0.15) is 18.5 Å². The zero-order chi connectivity index (χ0) is 22.9. The highest BCUT2D eigenvalue weighted by Gasteiger charge is 2.35. The van der Waals surface area contributed by atoms with E-state index < -0.39 is 6.04 Å². The number of carbonyl (C=O) groups excluding carboxylic acids is 1. The molecule has 1 aliphatic heterocycles. The number of hydrogen-bond acceptors (Lipinski definition) is 7. The van der Waals surface area contributed by atoms with Crippen LogP contribution < -0.4 is 10.2 Å². The summed E-state index contributed by atoms with van der Waals surface area (Å²) in [7, 11) is 1.87. The molecular weight excluding hydrogens is 446 g/mol. The number of hydrogen-bond donors (Lipinski definition) is 2. The SMILES string of the molecule is Cn1cc(-c2cc3c(N4CC(C(=O)N[C@@H](COO)c5ccc(Cl)cc5)C4)ncnn3c2)cn1. The number of fused-ring (bicyclic) bond motifs is 1. The highest BCUT2D eigenvalue weighted by molar-refractivity contribution is 6.30. The van der Waals surface area contributed by atoms with Crippen molar-refractivity contribution in [3.05, 3.63) is 65.8 Å². The molecule has 0 aliphatic carbocycles. The number of halogens is 1. The molecule has 0 spiro atoms. The van der Waals surface area contributed by atoms with Crippen molar-refractivity contribution < 1.29 is 14.9 Å². The van der Waals surface area contributed by atoms with Gasteiger partial charge in [0.05, 0.1) is 18.2 Å². The Bertz CT molecular complexity index is 1280. The van der Waals surface area contributed by atoms with Gasteiger partial charge in [-0.15, -0.1) is 0 Å².